The van der Waals surface area contributed by atoms with Crippen LogP contribution >= 0.6 is 34.8 Å². The van der Waals surface area contributed by atoms with Crippen LogP contribution in [0, 0.1) is 5.82 Å². The lowest BCUT2D eigenvalue weighted by Crippen LogP contribution is -1.98. The molecule has 0 saturated heterocycles. The van der Waals surface area contributed by atoms with E-state index in [0.717, 1.165) is 0 Å². The first kappa shape index (κ1) is 15.9. The maximum atomic E-state index is 13.0. The molecule has 110 valence electrons. The van der Waals surface area contributed by atoms with E-state index in [1.54, 1.807) is 0 Å². The Morgan fingerprint density at radius 2 is 1.76 bits per heavy atom. The second-order valence-corrected chi connectivity index (χ2v) is 5.30. The van der Waals surface area contributed by atoms with Crippen molar-refractivity contribution in [2.45, 2.75) is 6.61 Å². The molecule has 0 aliphatic carbocycles. The molecule has 0 radical (unpaired) electrons. The number of halogens is 4. The van der Waals surface area contributed by atoms with Crippen LogP contribution in [0.2, 0.25) is 15.1 Å². The third kappa shape index (κ3) is 4.00. The molecule has 0 amide bonds. The topological polar surface area (TPSA) is 41.8 Å². The number of benzene rings is 2. The molecular formula is C14H9Cl3FNO2. The van der Waals surface area contributed by atoms with Gasteiger partial charge in [0, 0.05) is 5.56 Å². The van der Waals surface area contributed by atoms with E-state index in [1.807, 2.05) is 0 Å². The monoisotopic (exact) mass is 347 g/mol. The summed E-state index contributed by atoms with van der Waals surface area (Å²) in [4.78, 5) is 0. The fourth-order valence-electron chi connectivity index (χ4n) is 1.65. The molecule has 0 bridgehead atoms. The Morgan fingerprint density at radius 3 is 2.33 bits per heavy atom. The van der Waals surface area contributed by atoms with Crippen LogP contribution in [0.1, 0.15) is 11.1 Å². The Balaban J connectivity index is 2.20. The summed E-state index contributed by atoms with van der Waals surface area (Å²) in [7, 11) is 0. The van der Waals surface area contributed by atoms with Gasteiger partial charge >= 0.3 is 0 Å². The van der Waals surface area contributed by atoms with Gasteiger partial charge in [0.05, 0.1) is 21.3 Å². The van der Waals surface area contributed by atoms with Gasteiger partial charge in [0.2, 0.25) is 0 Å². The largest absolute Gasteiger partial charge is 0.486 e. The lowest BCUT2D eigenvalue weighted by atomic mass is 10.2. The molecule has 0 aliphatic heterocycles. The number of hydrogen-bond acceptors (Lipinski definition) is 3. The van der Waals surface area contributed by atoms with Crippen molar-refractivity contribution in [1.29, 1.82) is 0 Å². The van der Waals surface area contributed by atoms with Crippen molar-refractivity contribution >= 4 is 41.0 Å². The van der Waals surface area contributed by atoms with Gasteiger partial charge in [0.1, 0.15) is 12.4 Å². The van der Waals surface area contributed by atoms with Crippen molar-refractivity contribution in [2.24, 2.45) is 5.16 Å². The van der Waals surface area contributed by atoms with Gasteiger partial charge in [-0.05, 0) is 29.8 Å². The minimum atomic E-state index is -0.424. The molecule has 1 N–H and O–H groups in total. The van der Waals surface area contributed by atoms with Gasteiger partial charge in [-0.1, -0.05) is 46.0 Å². The lowest BCUT2D eigenvalue weighted by Gasteiger charge is -2.11. The van der Waals surface area contributed by atoms with E-state index in [9.17, 15) is 4.39 Å². The Labute approximate surface area is 135 Å². The second kappa shape index (κ2) is 6.98. The highest BCUT2D eigenvalue weighted by atomic mass is 35.5. The molecule has 21 heavy (non-hydrogen) atoms. The van der Waals surface area contributed by atoms with Gasteiger partial charge in [0.25, 0.3) is 0 Å². The summed E-state index contributed by atoms with van der Waals surface area (Å²) >= 11 is 18.0. The SMILES string of the molecule is O/N=C\c1cc(Cl)c(OCc2ccc(F)cc2Cl)c(Cl)c1. The van der Waals surface area contributed by atoms with E-state index in [0.29, 0.717) is 11.1 Å². The van der Waals surface area contributed by atoms with Crippen LogP contribution in [0.4, 0.5) is 4.39 Å². The molecule has 0 aromatic heterocycles. The Bertz CT molecular complexity index is 669. The first-order chi connectivity index (χ1) is 10.0. The van der Waals surface area contributed by atoms with Gasteiger partial charge in [0.15, 0.2) is 5.75 Å². The number of rotatable bonds is 4. The second-order valence-electron chi connectivity index (χ2n) is 4.08. The van der Waals surface area contributed by atoms with E-state index in [1.165, 1.54) is 36.5 Å². The highest BCUT2D eigenvalue weighted by molar-refractivity contribution is 6.37. The molecule has 0 fully saturated rings. The van der Waals surface area contributed by atoms with Crippen LogP contribution in [0.5, 0.6) is 5.75 Å². The summed E-state index contributed by atoms with van der Waals surface area (Å²) in [6, 6.07) is 7.08. The average molecular weight is 349 g/mol. The van der Waals surface area contributed by atoms with Crippen LogP contribution in [-0.4, -0.2) is 11.4 Å². The molecule has 0 spiro atoms. The molecule has 3 nitrogen and oxygen atoms in total. The maximum absolute atomic E-state index is 13.0. The average Bonchev–Trinajstić information content (AvgIpc) is 2.40. The van der Waals surface area contributed by atoms with Gasteiger partial charge in [-0.2, -0.15) is 0 Å². The number of oxime groups is 1. The predicted molar refractivity (Wildman–Crippen MR) is 81.6 cm³/mol. The van der Waals surface area contributed by atoms with Crippen molar-refractivity contribution in [1.82, 2.24) is 0 Å². The van der Waals surface area contributed by atoms with E-state index in [2.05, 4.69) is 5.16 Å². The fourth-order valence-corrected chi connectivity index (χ4v) is 2.48. The Morgan fingerprint density at radius 1 is 1.10 bits per heavy atom. The molecule has 0 heterocycles. The van der Waals surface area contributed by atoms with Crippen LogP contribution in [-0.2, 0) is 6.61 Å². The first-order valence-corrected chi connectivity index (χ1v) is 6.88. The van der Waals surface area contributed by atoms with Crippen LogP contribution in [0.25, 0.3) is 0 Å². The summed E-state index contributed by atoms with van der Waals surface area (Å²) in [5, 5.41) is 12.2. The molecule has 0 aliphatic rings. The molecule has 2 aromatic rings. The van der Waals surface area contributed by atoms with Crippen molar-refractivity contribution in [2.75, 3.05) is 0 Å². The van der Waals surface area contributed by atoms with Gasteiger partial charge < -0.3 is 9.94 Å². The van der Waals surface area contributed by atoms with Gasteiger partial charge in [-0.3, -0.25) is 0 Å². The molecule has 0 atom stereocenters. The summed E-state index contributed by atoms with van der Waals surface area (Å²) < 4.78 is 18.5. The van der Waals surface area contributed by atoms with E-state index >= 15 is 0 Å². The van der Waals surface area contributed by atoms with E-state index < -0.39 is 5.82 Å². The zero-order chi connectivity index (χ0) is 15.4. The molecule has 2 aromatic carbocycles. The van der Waals surface area contributed by atoms with Crippen LogP contribution < -0.4 is 4.74 Å². The highest BCUT2D eigenvalue weighted by Crippen LogP contribution is 2.34. The zero-order valence-electron chi connectivity index (χ0n) is 10.5. The summed E-state index contributed by atoms with van der Waals surface area (Å²) in [5.41, 5.74) is 1.13. The minimum absolute atomic E-state index is 0.0893. The van der Waals surface area contributed by atoms with Gasteiger partial charge in [-0.15, -0.1) is 0 Å². The Kier molecular flexibility index (Phi) is 5.28. The standard InChI is InChI=1S/C14H9Cl3FNO2/c15-11-5-10(18)2-1-9(11)7-21-14-12(16)3-8(6-19-20)4-13(14)17/h1-6,20H,7H2/b19-6-. The van der Waals surface area contributed by atoms with Crippen molar-refractivity contribution in [3.63, 3.8) is 0 Å². The van der Waals surface area contributed by atoms with E-state index in [4.69, 9.17) is 44.7 Å². The first-order valence-electron chi connectivity index (χ1n) is 5.74. The molecule has 2 rings (SSSR count). The molecular weight excluding hydrogens is 340 g/mol. The zero-order valence-corrected chi connectivity index (χ0v) is 12.8. The third-order valence-corrected chi connectivity index (χ3v) is 3.53. The van der Waals surface area contributed by atoms with Crippen molar-refractivity contribution < 1.29 is 14.3 Å². The Hall–Kier alpha value is -1.49. The van der Waals surface area contributed by atoms with Crippen molar-refractivity contribution in [3.05, 3.63) is 62.3 Å². The van der Waals surface area contributed by atoms with Gasteiger partial charge in [-0.25, -0.2) is 4.39 Å². The number of nitrogens with zero attached hydrogens (tertiary/aromatic N) is 1. The van der Waals surface area contributed by atoms with Crippen LogP contribution in [0.15, 0.2) is 35.5 Å². The quantitative estimate of drug-likeness (QED) is 0.470. The number of hydrogen-bond donors (Lipinski definition) is 1. The number of ether oxygens (including phenoxy) is 1. The van der Waals surface area contributed by atoms with E-state index in [-0.39, 0.29) is 27.4 Å². The summed E-state index contributed by atoms with van der Waals surface area (Å²) in [5.74, 6) is -0.152. The highest BCUT2D eigenvalue weighted by Gasteiger charge is 2.11. The third-order valence-electron chi connectivity index (χ3n) is 2.61. The lowest BCUT2D eigenvalue weighted by molar-refractivity contribution is 0.306. The minimum Gasteiger partial charge on any atom is -0.486 e. The predicted octanol–water partition coefficient (Wildman–Crippen LogP) is 5.17. The fraction of sp³-hybridized carbons (Fsp3) is 0.0714. The normalized spacial score (nSPS) is 11.0. The van der Waals surface area contributed by atoms with Crippen molar-refractivity contribution in [3.8, 4) is 5.75 Å². The molecule has 7 heteroatoms. The smallest absolute Gasteiger partial charge is 0.157 e. The maximum Gasteiger partial charge on any atom is 0.157 e. The van der Waals surface area contributed by atoms with Crippen LogP contribution in [0.3, 0.4) is 0 Å². The molecule has 0 saturated carbocycles. The molecule has 0 unspecified atom stereocenters. The summed E-state index contributed by atoms with van der Waals surface area (Å²) in [6.07, 6.45) is 1.19. The summed E-state index contributed by atoms with van der Waals surface area (Å²) in [6.45, 7) is 0.0893.